The van der Waals surface area contributed by atoms with Gasteiger partial charge in [-0.1, -0.05) is 34.8 Å². The minimum absolute atomic E-state index is 0.137. The van der Waals surface area contributed by atoms with E-state index in [0.717, 1.165) is 5.56 Å². The fraction of sp³-hybridized carbons (Fsp3) is 0.125. The van der Waals surface area contributed by atoms with E-state index in [1.807, 2.05) is 6.07 Å². The summed E-state index contributed by atoms with van der Waals surface area (Å²) in [6, 6.07) is 8.68. The maximum Gasteiger partial charge on any atom is 0.221 e. The molecule has 0 spiro atoms. The lowest BCUT2D eigenvalue weighted by atomic mass is 10.2. The molecule has 0 aromatic heterocycles. The van der Waals surface area contributed by atoms with Crippen LogP contribution >= 0.6 is 47.0 Å². The van der Waals surface area contributed by atoms with Crippen LogP contribution < -0.4 is 25.7 Å². The average Bonchev–Trinajstić information content (AvgIpc) is 2.58. The first kappa shape index (κ1) is 19.6. The molecule has 0 atom stereocenters. The third kappa shape index (κ3) is 5.37. The van der Waals surface area contributed by atoms with Crippen LogP contribution in [-0.2, 0) is 6.61 Å². The van der Waals surface area contributed by atoms with Crippen molar-refractivity contribution in [2.45, 2.75) is 6.61 Å². The number of nitrogens with one attached hydrogen (secondary N) is 2. The number of rotatable bonds is 6. The number of hydrogen-bond acceptors (Lipinski definition) is 3. The van der Waals surface area contributed by atoms with E-state index in [1.54, 1.807) is 37.6 Å². The van der Waals surface area contributed by atoms with Crippen molar-refractivity contribution in [2.75, 3.05) is 7.11 Å². The van der Waals surface area contributed by atoms with Crippen LogP contribution in [0, 0.1) is 0 Å². The Hall–Kier alpha value is -1.73. The summed E-state index contributed by atoms with van der Waals surface area (Å²) in [6.07, 6.45) is 1.68. The van der Waals surface area contributed by atoms with E-state index in [2.05, 4.69) is 10.5 Å². The van der Waals surface area contributed by atoms with Crippen molar-refractivity contribution in [3.63, 3.8) is 0 Å². The zero-order valence-corrected chi connectivity index (χ0v) is 16.2. The van der Waals surface area contributed by atoms with Crippen molar-refractivity contribution in [3.05, 3.63) is 56.5 Å². The smallest absolute Gasteiger partial charge is 0.221 e. The van der Waals surface area contributed by atoms with Crippen LogP contribution in [0.15, 0.2) is 30.3 Å². The zero-order valence-electron chi connectivity index (χ0n) is 13.1. The highest BCUT2D eigenvalue weighted by molar-refractivity contribution is 7.80. The summed E-state index contributed by atoms with van der Waals surface area (Å²) in [5.41, 5.74) is 9.36. The van der Waals surface area contributed by atoms with Crippen molar-refractivity contribution in [3.8, 4) is 11.5 Å². The van der Waals surface area contributed by atoms with Crippen molar-refractivity contribution >= 4 is 58.3 Å². The number of thiocarbonyl (C=S) groups is 1. The lowest BCUT2D eigenvalue weighted by Gasteiger charge is -2.13. The third-order valence-corrected chi connectivity index (χ3v) is 4.43. The normalized spacial score (nSPS) is 10.7. The molecule has 5 nitrogen and oxygen atoms in total. The van der Waals surface area contributed by atoms with Crippen molar-refractivity contribution < 1.29 is 14.6 Å². The lowest BCUT2D eigenvalue weighted by molar-refractivity contribution is -0.499. The zero-order chi connectivity index (χ0) is 18.4. The summed E-state index contributed by atoms with van der Waals surface area (Å²) >= 11 is 23.0. The minimum atomic E-state index is 0.137. The highest BCUT2D eigenvalue weighted by atomic mass is 35.5. The van der Waals surface area contributed by atoms with E-state index in [4.69, 9.17) is 62.2 Å². The molecule has 9 heteroatoms. The van der Waals surface area contributed by atoms with E-state index < -0.39 is 0 Å². The Morgan fingerprint density at radius 2 is 1.92 bits per heavy atom. The van der Waals surface area contributed by atoms with Gasteiger partial charge < -0.3 is 15.2 Å². The Kier molecular flexibility index (Phi) is 7.13. The van der Waals surface area contributed by atoms with E-state index in [1.165, 1.54) is 0 Å². The monoisotopic (exact) mass is 418 g/mol. The summed E-state index contributed by atoms with van der Waals surface area (Å²) < 4.78 is 11.1. The van der Waals surface area contributed by atoms with Gasteiger partial charge in [-0.25, -0.2) is 0 Å². The van der Waals surface area contributed by atoms with E-state index in [0.29, 0.717) is 32.1 Å². The molecule has 0 saturated heterocycles. The summed E-state index contributed by atoms with van der Waals surface area (Å²) in [7, 11) is 1.55. The number of hydrogen-bond donors (Lipinski definition) is 3. The third-order valence-electron chi connectivity index (χ3n) is 3.13. The second kappa shape index (κ2) is 9.10. The van der Waals surface area contributed by atoms with Crippen molar-refractivity contribution in [2.24, 2.45) is 5.73 Å². The van der Waals surface area contributed by atoms with Gasteiger partial charge in [-0.2, -0.15) is 0 Å². The van der Waals surface area contributed by atoms with Gasteiger partial charge in [0.05, 0.1) is 17.2 Å². The first-order chi connectivity index (χ1) is 11.9. The molecule has 2 aromatic carbocycles. The molecule has 0 aliphatic heterocycles. The first-order valence-electron chi connectivity index (χ1n) is 6.99. The number of nitrogens with two attached hydrogens (primary N) is 1. The molecule has 0 unspecified atom stereocenters. The molecule has 25 heavy (non-hydrogen) atoms. The Labute approximate surface area is 165 Å². The molecule has 2 aromatic rings. The molecule has 2 rings (SSSR count). The highest BCUT2D eigenvalue weighted by Crippen LogP contribution is 2.34. The summed E-state index contributed by atoms with van der Waals surface area (Å²) in [5, 5.41) is 4.16. The number of hydrazine groups is 1. The van der Waals surface area contributed by atoms with Crippen molar-refractivity contribution in [1.29, 1.82) is 0 Å². The van der Waals surface area contributed by atoms with Crippen LogP contribution in [0.4, 0.5) is 0 Å². The van der Waals surface area contributed by atoms with E-state index in [-0.39, 0.29) is 11.7 Å². The molecule has 0 aliphatic rings. The number of benzene rings is 2. The fourth-order valence-electron chi connectivity index (χ4n) is 1.94. The van der Waals surface area contributed by atoms with Crippen LogP contribution in [0.5, 0.6) is 11.5 Å². The van der Waals surface area contributed by atoms with Gasteiger partial charge in [0.2, 0.25) is 5.11 Å². The number of methoxy groups -OCH3 is 1. The maximum atomic E-state index is 6.18. The van der Waals surface area contributed by atoms with Gasteiger partial charge in [-0.05, 0) is 42.5 Å². The second-order valence-electron chi connectivity index (χ2n) is 4.80. The quantitative estimate of drug-likeness (QED) is 0.290. The van der Waals surface area contributed by atoms with Gasteiger partial charge >= 0.3 is 0 Å². The Morgan fingerprint density at radius 3 is 2.60 bits per heavy atom. The maximum absolute atomic E-state index is 6.18. The van der Waals surface area contributed by atoms with Crippen LogP contribution in [0.25, 0.3) is 0 Å². The number of hydrazone groups is 1. The molecular formula is C16H15Cl3N3O2S+. The van der Waals surface area contributed by atoms with Gasteiger partial charge in [0.25, 0.3) is 0 Å². The first-order valence-corrected chi connectivity index (χ1v) is 8.54. The standard InChI is InChI=1S/C16H14Cl3N3O2S/c1-23-14-6-9(7-21-22-16(20)25)2-5-13(14)24-8-10-11(17)3-4-12(18)15(10)19/h2-7H,8H2,1H3,(H3,20,22,25)/p+1. The largest absolute Gasteiger partial charge is 0.493 e. The summed E-state index contributed by atoms with van der Waals surface area (Å²) in [6.45, 7) is 0.152. The Balaban J connectivity index is 2.16. The molecule has 0 saturated carbocycles. The average molecular weight is 420 g/mol. The highest BCUT2D eigenvalue weighted by Gasteiger charge is 2.12. The van der Waals surface area contributed by atoms with Gasteiger partial charge in [0, 0.05) is 16.1 Å². The fourth-order valence-corrected chi connectivity index (χ4v) is 2.65. The molecule has 0 aliphatic carbocycles. The lowest BCUT2D eigenvalue weighted by Crippen LogP contribution is -2.82. The van der Waals surface area contributed by atoms with Gasteiger partial charge in [-0.3, -0.25) is 0 Å². The molecular weight excluding hydrogens is 405 g/mol. The number of halogens is 3. The van der Waals surface area contributed by atoms with Crippen molar-refractivity contribution in [1.82, 2.24) is 5.43 Å². The Morgan fingerprint density at radius 1 is 1.20 bits per heavy atom. The van der Waals surface area contributed by atoms with Crippen LogP contribution in [-0.4, -0.2) is 18.4 Å². The molecule has 0 radical (unpaired) electrons. The number of ether oxygens (including phenoxy) is 2. The van der Waals surface area contributed by atoms with Crippen LogP contribution in [0.2, 0.25) is 15.1 Å². The predicted octanol–water partition coefficient (Wildman–Crippen LogP) is 2.48. The molecule has 0 fully saturated rings. The summed E-state index contributed by atoms with van der Waals surface area (Å²) in [4.78, 5) is 0. The van der Waals surface area contributed by atoms with Gasteiger partial charge in [0.15, 0.2) is 17.7 Å². The molecule has 132 valence electrons. The molecule has 0 heterocycles. The minimum Gasteiger partial charge on any atom is -0.493 e. The SMILES string of the molecule is COc1cc(C=[NH+]NC(N)=S)ccc1OCc1c(Cl)ccc(Cl)c1Cl. The molecule has 4 N–H and O–H groups in total. The topological polar surface area (TPSA) is 70.5 Å². The van der Waals surface area contributed by atoms with E-state index in [9.17, 15) is 0 Å². The van der Waals surface area contributed by atoms with Gasteiger partial charge in [-0.15, -0.1) is 10.5 Å². The molecule has 0 bridgehead atoms. The molecule has 0 amide bonds. The predicted molar refractivity (Wildman–Crippen MR) is 105 cm³/mol. The summed E-state index contributed by atoms with van der Waals surface area (Å²) in [5.74, 6) is 1.08. The van der Waals surface area contributed by atoms with E-state index >= 15 is 0 Å². The van der Waals surface area contributed by atoms with Crippen LogP contribution in [0.3, 0.4) is 0 Å². The second-order valence-corrected chi connectivity index (χ2v) is 6.43. The van der Waals surface area contributed by atoms with Crippen LogP contribution in [0.1, 0.15) is 11.1 Å². The van der Waals surface area contributed by atoms with Gasteiger partial charge in [0.1, 0.15) is 6.61 Å². The Bertz CT molecular complexity index is 815.